The maximum Gasteiger partial charge on any atom is 0.328 e. The number of carbonyl (C=O) groups is 2. The number of rotatable bonds is 9. The lowest BCUT2D eigenvalue weighted by atomic mass is 10.2. The fraction of sp³-hybridized carbons (Fsp3) is 0.412. The summed E-state index contributed by atoms with van der Waals surface area (Å²) in [5.41, 5.74) is 0. The van der Waals surface area contributed by atoms with Crippen molar-refractivity contribution in [1.29, 1.82) is 0 Å². The van der Waals surface area contributed by atoms with Crippen LogP contribution in [0.3, 0.4) is 0 Å². The van der Waals surface area contributed by atoms with Gasteiger partial charge in [0.2, 0.25) is 0 Å². The van der Waals surface area contributed by atoms with E-state index >= 15 is 0 Å². The first-order valence-corrected chi connectivity index (χ1v) is 7.53. The first-order valence-electron chi connectivity index (χ1n) is 7.53. The molecule has 24 heavy (non-hydrogen) atoms. The maximum atomic E-state index is 9.55. The van der Waals surface area contributed by atoms with Gasteiger partial charge < -0.3 is 25.0 Å². The van der Waals surface area contributed by atoms with Crippen LogP contribution < -0.4 is 14.8 Å². The monoisotopic (exact) mass is 339 g/mol. The molecule has 1 atom stereocenters. The molecule has 1 aromatic rings. The van der Waals surface area contributed by atoms with Crippen LogP contribution in [0.25, 0.3) is 0 Å². The van der Waals surface area contributed by atoms with Crippen molar-refractivity contribution in [2.45, 2.75) is 13.8 Å². The summed E-state index contributed by atoms with van der Waals surface area (Å²) in [4.78, 5) is 19.1. The normalized spacial score (nSPS) is 11.3. The van der Waals surface area contributed by atoms with Crippen LogP contribution in [0.5, 0.6) is 11.5 Å². The van der Waals surface area contributed by atoms with E-state index in [1.807, 2.05) is 38.2 Å². The minimum absolute atomic E-state index is 0.486. The summed E-state index contributed by atoms with van der Waals surface area (Å²) >= 11 is 0. The summed E-state index contributed by atoms with van der Waals surface area (Å²) in [6.45, 7) is 6.44. The highest BCUT2D eigenvalue weighted by Crippen LogP contribution is 2.26. The van der Waals surface area contributed by atoms with Gasteiger partial charge in [0.05, 0.1) is 13.2 Å². The molecule has 0 aliphatic heterocycles. The molecule has 0 saturated heterocycles. The third kappa shape index (κ3) is 11.1. The molecule has 1 aromatic carbocycles. The predicted molar refractivity (Wildman–Crippen MR) is 90.6 cm³/mol. The highest BCUT2D eigenvalue weighted by molar-refractivity contribution is 5.89. The molecule has 0 spiro atoms. The number of nitrogens with one attached hydrogen (secondary N) is 1. The molecule has 7 heteroatoms. The molecule has 0 saturated carbocycles. The van der Waals surface area contributed by atoms with E-state index in [9.17, 15) is 9.59 Å². The summed E-state index contributed by atoms with van der Waals surface area (Å²) in [5, 5.41) is 18.8. The smallest absolute Gasteiger partial charge is 0.328 e. The third-order valence-electron chi connectivity index (χ3n) is 2.59. The van der Waals surface area contributed by atoms with E-state index in [1.54, 1.807) is 0 Å². The van der Waals surface area contributed by atoms with Crippen LogP contribution in [-0.2, 0) is 9.59 Å². The van der Waals surface area contributed by atoms with Crippen LogP contribution in [0.4, 0.5) is 0 Å². The summed E-state index contributed by atoms with van der Waals surface area (Å²) < 4.78 is 11.2. The standard InChI is InChI=1S/C13H21NO2.C4H4O4/c1-4-15-12-7-5-6-8-13(12)16-10-11(2)9-14-3;5-3(6)1-2-4(7)8/h5-8,11,14H,4,9-10H2,1-3H3;1-2H,(H,5,6)(H,7,8). The molecule has 0 amide bonds. The quantitative estimate of drug-likeness (QED) is 0.591. The van der Waals surface area contributed by atoms with E-state index in [-0.39, 0.29) is 0 Å². The fourth-order valence-electron chi connectivity index (χ4n) is 1.63. The summed E-state index contributed by atoms with van der Waals surface area (Å²) in [7, 11) is 1.95. The molecule has 0 aromatic heterocycles. The highest BCUT2D eigenvalue weighted by Gasteiger charge is 2.06. The zero-order chi connectivity index (χ0) is 18.4. The van der Waals surface area contributed by atoms with Gasteiger partial charge in [-0.1, -0.05) is 19.1 Å². The Labute approximate surface area is 141 Å². The van der Waals surface area contributed by atoms with Gasteiger partial charge in [-0.2, -0.15) is 0 Å². The summed E-state index contributed by atoms with van der Waals surface area (Å²) in [6.07, 6.45) is 1.12. The Bertz CT molecular complexity index is 514. The van der Waals surface area contributed by atoms with E-state index in [1.165, 1.54) is 0 Å². The lowest BCUT2D eigenvalue weighted by Gasteiger charge is -2.15. The molecule has 3 N–H and O–H groups in total. The van der Waals surface area contributed by atoms with Gasteiger partial charge >= 0.3 is 11.9 Å². The second-order valence-corrected chi connectivity index (χ2v) is 4.86. The molecule has 0 aliphatic rings. The van der Waals surface area contributed by atoms with E-state index in [0.717, 1.165) is 18.0 Å². The molecule has 1 unspecified atom stereocenters. The molecule has 0 fully saturated rings. The van der Waals surface area contributed by atoms with Crippen molar-refractivity contribution in [3.63, 3.8) is 0 Å². The van der Waals surface area contributed by atoms with E-state index < -0.39 is 11.9 Å². The van der Waals surface area contributed by atoms with Crippen molar-refractivity contribution in [3.05, 3.63) is 36.4 Å². The van der Waals surface area contributed by atoms with Crippen molar-refractivity contribution < 1.29 is 29.3 Å². The molecule has 7 nitrogen and oxygen atoms in total. The molecule has 0 heterocycles. The maximum absolute atomic E-state index is 9.55. The average Bonchev–Trinajstić information content (AvgIpc) is 2.53. The Morgan fingerprint density at radius 1 is 1.12 bits per heavy atom. The number of hydrogen-bond acceptors (Lipinski definition) is 5. The van der Waals surface area contributed by atoms with Crippen molar-refractivity contribution in [3.8, 4) is 11.5 Å². The van der Waals surface area contributed by atoms with Crippen molar-refractivity contribution in [2.24, 2.45) is 5.92 Å². The van der Waals surface area contributed by atoms with Crippen LogP contribution >= 0.6 is 0 Å². The van der Waals surface area contributed by atoms with E-state index in [2.05, 4.69) is 12.2 Å². The molecule has 0 radical (unpaired) electrons. The Hall–Kier alpha value is -2.54. The third-order valence-corrected chi connectivity index (χ3v) is 2.59. The topological polar surface area (TPSA) is 105 Å². The van der Waals surface area contributed by atoms with Crippen molar-refractivity contribution >= 4 is 11.9 Å². The Balaban J connectivity index is 0.000000561. The van der Waals surface area contributed by atoms with Gasteiger partial charge in [0, 0.05) is 24.6 Å². The number of hydrogen-bond donors (Lipinski definition) is 3. The lowest BCUT2D eigenvalue weighted by Crippen LogP contribution is -2.21. The molecular formula is C17H25NO6. The summed E-state index contributed by atoms with van der Waals surface area (Å²) in [5.74, 6) is -0.381. The highest BCUT2D eigenvalue weighted by atomic mass is 16.5. The Morgan fingerprint density at radius 3 is 2.04 bits per heavy atom. The molecule has 0 bridgehead atoms. The number of para-hydroxylation sites is 2. The van der Waals surface area contributed by atoms with Gasteiger partial charge in [-0.3, -0.25) is 0 Å². The van der Waals surface area contributed by atoms with E-state index in [4.69, 9.17) is 19.7 Å². The number of benzene rings is 1. The van der Waals surface area contributed by atoms with Crippen molar-refractivity contribution in [1.82, 2.24) is 5.32 Å². The van der Waals surface area contributed by atoms with E-state index in [0.29, 0.717) is 31.3 Å². The second-order valence-electron chi connectivity index (χ2n) is 4.86. The minimum Gasteiger partial charge on any atom is -0.490 e. The lowest BCUT2D eigenvalue weighted by molar-refractivity contribution is -0.134. The SMILES string of the molecule is CCOc1ccccc1OCC(C)CNC.O=C(O)C=CC(=O)O. The van der Waals surface area contributed by atoms with Gasteiger partial charge in [-0.15, -0.1) is 0 Å². The van der Waals surface area contributed by atoms with Gasteiger partial charge in [-0.25, -0.2) is 9.59 Å². The van der Waals surface area contributed by atoms with Crippen LogP contribution in [0, 0.1) is 5.92 Å². The zero-order valence-corrected chi connectivity index (χ0v) is 14.2. The Morgan fingerprint density at radius 2 is 1.62 bits per heavy atom. The van der Waals surface area contributed by atoms with Crippen molar-refractivity contribution in [2.75, 3.05) is 26.8 Å². The largest absolute Gasteiger partial charge is 0.490 e. The molecule has 0 aliphatic carbocycles. The molecule has 134 valence electrons. The van der Waals surface area contributed by atoms with Gasteiger partial charge in [0.1, 0.15) is 0 Å². The minimum atomic E-state index is -1.26. The van der Waals surface area contributed by atoms with Crippen LogP contribution in [-0.4, -0.2) is 49.0 Å². The van der Waals surface area contributed by atoms with Crippen LogP contribution in [0.2, 0.25) is 0 Å². The number of aliphatic carboxylic acids is 2. The zero-order valence-electron chi connectivity index (χ0n) is 14.2. The fourth-order valence-corrected chi connectivity index (χ4v) is 1.63. The van der Waals surface area contributed by atoms with Gasteiger partial charge in [0.15, 0.2) is 11.5 Å². The number of ether oxygens (including phenoxy) is 2. The van der Waals surface area contributed by atoms with Gasteiger partial charge in [-0.05, 0) is 26.1 Å². The first kappa shape index (κ1) is 21.5. The van der Waals surface area contributed by atoms with Crippen LogP contribution in [0.15, 0.2) is 36.4 Å². The Kier molecular flexibility index (Phi) is 11.6. The first-order chi connectivity index (χ1) is 11.4. The molecule has 1 rings (SSSR count). The number of carboxylic acids is 2. The molecular weight excluding hydrogens is 314 g/mol. The predicted octanol–water partition coefficient (Wildman–Crippen LogP) is 2.03. The second kappa shape index (κ2) is 13.0. The average molecular weight is 339 g/mol. The van der Waals surface area contributed by atoms with Crippen LogP contribution in [0.1, 0.15) is 13.8 Å². The summed E-state index contributed by atoms with van der Waals surface area (Å²) in [6, 6.07) is 7.79. The number of carboxylic acid groups (broad SMARTS) is 2. The van der Waals surface area contributed by atoms with Gasteiger partial charge in [0.25, 0.3) is 0 Å².